The van der Waals surface area contributed by atoms with E-state index in [1.165, 1.54) is 19.2 Å². The highest BCUT2D eigenvalue weighted by molar-refractivity contribution is 7.89. The van der Waals surface area contributed by atoms with E-state index in [1.807, 2.05) is 61.5 Å². The molecule has 32 heavy (non-hydrogen) atoms. The van der Waals surface area contributed by atoms with Gasteiger partial charge in [0.05, 0.1) is 23.7 Å². The zero-order valence-corrected chi connectivity index (χ0v) is 18.9. The molecular weight excluding hydrogens is 424 g/mol. The maximum absolute atomic E-state index is 13.4. The van der Waals surface area contributed by atoms with Gasteiger partial charge in [-0.3, -0.25) is 4.79 Å². The highest BCUT2D eigenvalue weighted by Gasteiger charge is 2.28. The Bertz CT molecular complexity index is 1210. The maximum Gasteiger partial charge on any atom is 0.241 e. The van der Waals surface area contributed by atoms with Gasteiger partial charge < -0.3 is 9.64 Å². The first kappa shape index (κ1) is 22.0. The Labute approximate surface area is 188 Å². The Morgan fingerprint density at radius 2 is 1.66 bits per heavy atom. The van der Waals surface area contributed by atoms with Crippen molar-refractivity contribution in [3.63, 3.8) is 0 Å². The van der Waals surface area contributed by atoms with Crippen molar-refractivity contribution in [1.29, 1.82) is 0 Å². The summed E-state index contributed by atoms with van der Waals surface area (Å²) in [6.07, 6.45) is 1.18. The number of carbonyl (C=O) groups is 1. The van der Waals surface area contributed by atoms with E-state index in [9.17, 15) is 13.2 Å². The Hall–Kier alpha value is -3.16. The summed E-state index contributed by atoms with van der Waals surface area (Å²) in [6.45, 7) is 2.53. The van der Waals surface area contributed by atoms with Crippen LogP contribution in [-0.2, 0) is 14.8 Å². The van der Waals surface area contributed by atoms with Crippen LogP contribution in [0.25, 0.3) is 0 Å². The van der Waals surface area contributed by atoms with Gasteiger partial charge in [-0.2, -0.15) is 4.72 Å². The molecule has 1 fully saturated rings. The highest BCUT2D eigenvalue weighted by atomic mass is 32.2. The summed E-state index contributed by atoms with van der Waals surface area (Å²) in [5.74, 6) is 0.435. The number of methoxy groups -OCH3 is 1. The molecule has 1 aliphatic rings. The molecule has 1 aliphatic heterocycles. The molecule has 0 bridgehead atoms. The summed E-state index contributed by atoms with van der Waals surface area (Å²) in [5, 5.41) is 0. The van der Waals surface area contributed by atoms with Gasteiger partial charge in [0, 0.05) is 13.0 Å². The largest absolute Gasteiger partial charge is 0.495 e. The zero-order valence-electron chi connectivity index (χ0n) is 18.1. The van der Waals surface area contributed by atoms with Crippen molar-refractivity contribution < 1.29 is 17.9 Å². The number of hydrogen-bond acceptors (Lipinski definition) is 4. The third kappa shape index (κ3) is 4.54. The van der Waals surface area contributed by atoms with Crippen LogP contribution in [0, 0.1) is 6.92 Å². The van der Waals surface area contributed by atoms with Crippen LogP contribution < -0.4 is 14.4 Å². The second-order valence-electron chi connectivity index (χ2n) is 7.86. The lowest BCUT2D eigenvalue weighted by molar-refractivity contribution is -0.117. The predicted octanol–water partition coefficient (Wildman–Crippen LogP) is 4.20. The zero-order chi connectivity index (χ0) is 22.7. The molecule has 7 heteroatoms. The summed E-state index contributed by atoms with van der Waals surface area (Å²) in [5.41, 5.74) is 3.25. The Kier molecular flexibility index (Phi) is 6.30. The molecule has 3 aromatic carbocycles. The Balaban J connectivity index is 1.73. The van der Waals surface area contributed by atoms with Gasteiger partial charge >= 0.3 is 0 Å². The molecule has 6 nitrogen and oxygen atoms in total. The number of hydrogen-bond donors (Lipinski definition) is 1. The van der Waals surface area contributed by atoms with Crippen LogP contribution in [0.15, 0.2) is 77.7 Å². The SMILES string of the molecule is COc1ccc(S(=O)(=O)N[C@@H](c2ccccc2)c2ccc(C)cc2)cc1N1CCCC1=O. The summed E-state index contributed by atoms with van der Waals surface area (Å²) >= 11 is 0. The topological polar surface area (TPSA) is 75.7 Å². The number of nitrogens with one attached hydrogen (secondary N) is 1. The fourth-order valence-corrected chi connectivity index (χ4v) is 5.14. The van der Waals surface area contributed by atoms with Crippen LogP contribution in [0.1, 0.15) is 35.6 Å². The second kappa shape index (κ2) is 9.14. The fourth-order valence-electron chi connectivity index (χ4n) is 3.91. The van der Waals surface area contributed by atoms with Crippen LogP contribution in [0.5, 0.6) is 5.75 Å². The molecule has 4 rings (SSSR count). The monoisotopic (exact) mass is 450 g/mol. The molecule has 1 amide bonds. The molecule has 0 unspecified atom stereocenters. The number of nitrogens with zero attached hydrogens (tertiary/aromatic N) is 1. The molecule has 1 atom stereocenters. The molecule has 1 saturated heterocycles. The molecule has 166 valence electrons. The van der Waals surface area contributed by atoms with Gasteiger partial charge in [0.15, 0.2) is 0 Å². The van der Waals surface area contributed by atoms with Crippen molar-refractivity contribution in [3.05, 3.63) is 89.5 Å². The second-order valence-corrected chi connectivity index (χ2v) is 9.57. The third-order valence-electron chi connectivity index (χ3n) is 5.64. The number of rotatable bonds is 7. The minimum absolute atomic E-state index is 0.0346. The Morgan fingerprint density at radius 3 is 2.28 bits per heavy atom. The van der Waals surface area contributed by atoms with Crippen LogP contribution in [0.3, 0.4) is 0 Å². The minimum atomic E-state index is -3.90. The first-order chi connectivity index (χ1) is 15.4. The van der Waals surface area contributed by atoms with Gasteiger partial charge in [0.2, 0.25) is 15.9 Å². The lowest BCUT2D eigenvalue weighted by atomic mass is 9.99. The number of sulfonamides is 1. The molecule has 0 aromatic heterocycles. The number of carbonyl (C=O) groups excluding carboxylic acids is 1. The minimum Gasteiger partial charge on any atom is -0.495 e. The number of amides is 1. The van der Waals surface area contributed by atoms with Crippen molar-refractivity contribution in [1.82, 2.24) is 4.72 Å². The van der Waals surface area contributed by atoms with E-state index in [2.05, 4.69) is 4.72 Å². The average molecular weight is 451 g/mol. The van der Waals surface area contributed by atoms with Gasteiger partial charge in [-0.15, -0.1) is 0 Å². The van der Waals surface area contributed by atoms with Crippen molar-refractivity contribution in [3.8, 4) is 5.75 Å². The van der Waals surface area contributed by atoms with Crippen LogP contribution in [-0.4, -0.2) is 28.0 Å². The number of benzene rings is 3. The fraction of sp³-hybridized carbons (Fsp3) is 0.240. The normalized spacial score (nSPS) is 15.1. The Morgan fingerprint density at radius 1 is 0.969 bits per heavy atom. The smallest absolute Gasteiger partial charge is 0.241 e. The maximum atomic E-state index is 13.4. The van der Waals surface area contributed by atoms with Gasteiger partial charge in [0.25, 0.3) is 0 Å². The quantitative estimate of drug-likeness (QED) is 0.585. The van der Waals surface area contributed by atoms with Crippen molar-refractivity contribution >= 4 is 21.6 Å². The third-order valence-corrected chi connectivity index (χ3v) is 7.06. The lowest BCUT2D eigenvalue weighted by Gasteiger charge is -2.22. The number of anilines is 1. The first-order valence-electron chi connectivity index (χ1n) is 10.5. The molecule has 0 aliphatic carbocycles. The lowest BCUT2D eigenvalue weighted by Crippen LogP contribution is -2.30. The van der Waals surface area contributed by atoms with Crippen molar-refractivity contribution in [2.24, 2.45) is 0 Å². The van der Waals surface area contributed by atoms with E-state index in [0.717, 1.165) is 23.1 Å². The van der Waals surface area contributed by atoms with Gasteiger partial charge in [-0.25, -0.2) is 8.42 Å². The van der Waals surface area contributed by atoms with E-state index >= 15 is 0 Å². The van der Waals surface area contributed by atoms with Crippen LogP contribution in [0.4, 0.5) is 5.69 Å². The van der Waals surface area contributed by atoms with E-state index < -0.39 is 16.1 Å². The average Bonchev–Trinajstić information content (AvgIpc) is 3.24. The number of ether oxygens (including phenoxy) is 1. The molecule has 1 heterocycles. The molecule has 0 spiro atoms. The van der Waals surface area contributed by atoms with Crippen molar-refractivity contribution in [2.75, 3.05) is 18.6 Å². The molecular formula is C25H26N2O4S. The first-order valence-corrected chi connectivity index (χ1v) is 12.0. The summed E-state index contributed by atoms with van der Waals surface area (Å²) in [6, 6.07) is 21.3. The molecule has 3 aromatic rings. The molecule has 1 N–H and O–H groups in total. The van der Waals surface area contributed by atoms with E-state index in [4.69, 9.17) is 4.74 Å². The van der Waals surface area contributed by atoms with E-state index in [1.54, 1.807) is 11.0 Å². The standard InChI is InChI=1S/C25H26N2O4S/c1-18-10-12-20(13-11-18)25(19-7-4-3-5-8-19)26-32(29,30)21-14-15-23(31-2)22(17-21)27-16-6-9-24(27)28/h3-5,7-8,10-15,17,25-26H,6,9,16H2,1-2H3/t25-/m0/s1. The summed E-state index contributed by atoms with van der Waals surface area (Å²) in [7, 11) is -2.40. The molecule has 0 saturated carbocycles. The number of aryl methyl sites for hydroxylation is 1. The van der Waals surface area contributed by atoms with E-state index in [-0.39, 0.29) is 10.8 Å². The van der Waals surface area contributed by atoms with Crippen molar-refractivity contribution in [2.45, 2.75) is 30.7 Å². The van der Waals surface area contributed by atoms with Gasteiger partial charge in [-0.05, 0) is 42.7 Å². The van der Waals surface area contributed by atoms with Gasteiger partial charge in [-0.1, -0.05) is 60.2 Å². The van der Waals surface area contributed by atoms with E-state index in [0.29, 0.717) is 24.4 Å². The summed E-state index contributed by atoms with van der Waals surface area (Å²) < 4.78 is 35.1. The summed E-state index contributed by atoms with van der Waals surface area (Å²) in [4.78, 5) is 14.0. The highest BCUT2D eigenvalue weighted by Crippen LogP contribution is 2.34. The predicted molar refractivity (Wildman–Crippen MR) is 124 cm³/mol. The van der Waals surface area contributed by atoms with Crippen LogP contribution in [0.2, 0.25) is 0 Å². The van der Waals surface area contributed by atoms with Crippen LogP contribution >= 0.6 is 0 Å². The van der Waals surface area contributed by atoms with Gasteiger partial charge in [0.1, 0.15) is 5.75 Å². The molecule has 0 radical (unpaired) electrons.